The van der Waals surface area contributed by atoms with Crippen LogP contribution in [0.1, 0.15) is 6.42 Å². The first kappa shape index (κ1) is 9.31. The fraction of sp³-hybridized carbons (Fsp3) is 1.00. The molecule has 0 bridgehead atoms. The van der Waals surface area contributed by atoms with Gasteiger partial charge in [0.1, 0.15) is 17.6 Å². The summed E-state index contributed by atoms with van der Waals surface area (Å²) in [5.41, 5.74) is 0. The largest absolute Gasteiger partial charge is 0.616 e. The molecule has 1 rings (SSSR count). The van der Waals surface area contributed by atoms with Crippen molar-refractivity contribution in [2.75, 3.05) is 17.8 Å². The Bertz CT molecular complexity index is 223. The van der Waals surface area contributed by atoms with E-state index in [2.05, 4.69) is 4.18 Å². The minimum atomic E-state index is -3.37. The second kappa shape index (κ2) is 3.30. The van der Waals surface area contributed by atoms with Crippen molar-refractivity contribution in [3.8, 4) is 0 Å². The summed E-state index contributed by atoms with van der Waals surface area (Å²) in [6, 6.07) is 0. The average molecular weight is 198 g/mol. The van der Waals surface area contributed by atoms with Crippen molar-refractivity contribution in [1.29, 1.82) is 0 Å². The predicted octanol–water partition coefficient (Wildman–Crippen LogP) is -0.516. The van der Waals surface area contributed by atoms with Crippen LogP contribution in [0, 0.1) is 0 Å². The first-order chi connectivity index (χ1) is 4.97. The maximum absolute atomic E-state index is 10.8. The van der Waals surface area contributed by atoms with E-state index in [1.807, 2.05) is 0 Å². The highest BCUT2D eigenvalue weighted by Crippen LogP contribution is 2.15. The SMILES string of the molecule is CS(=O)(=O)OC1CC[S+]([O-])C1. The lowest BCUT2D eigenvalue weighted by Crippen LogP contribution is -2.18. The van der Waals surface area contributed by atoms with Gasteiger partial charge in [-0.15, -0.1) is 0 Å². The van der Waals surface area contributed by atoms with Crippen molar-refractivity contribution >= 4 is 21.3 Å². The van der Waals surface area contributed by atoms with Gasteiger partial charge in [-0.25, -0.2) is 0 Å². The third kappa shape index (κ3) is 3.42. The van der Waals surface area contributed by atoms with E-state index in [-0.39, 0.29) is 6.10 Å². The van der Waals surface area contributed by atoms with Gasteiger partial charge in [-0.2, -0.15) is 8.42 Å². The van der Waals surface area contributed by atoms with Gasteiger partial charge in [0.05, 0.1) is 6.26 Å². The molecule has 0 aromatic heterocycles. The van der Waals surface area contributed by atoms with E-state index < -0.39 is 21.3 Å². The lowest BCUT2D eigenvalue weighted by atomic mass is 10.3. The summed E-state index contributed by atoms with van der Waals surface area (Å²) < 4.78 is 36.6. The fourth-order valence-electron chi connectivity index (χ4n) is 0.960. The van der Waals surface area contributed by atoms with Gasteiger partial charge in [-0.05, 0) is 0 Å². The van der Waals surface area contributed by atoms with Crippen molar-refractivity contribution in [2.45, 2.75) is 12.5 Å². The maximum atomic E-state index is 10.8. The second-order valence-electron chi connectivity index (χ2n) is 2.52. The molecule has 11 heavy (non-hydrogen) atoms. The molecule has 0 aliphatic carbocycles. The number of rotatable bonds is 2. The van der Waals surface area contributed by atoms with Gasteiger partial charge in [-0.3, -0.25) is 4.18 Å². The average Bonchev–Trinajstić information content (AvgIpc) is 2.10. The van der Waals surface area contributed by atoms with Crippen LogP contribution in [0.3, 0.4) is 0 Å². The lowest BCUT2D eigenvalue weighted by molar-refractivity contribution is 0.238. The Kier molecular flexibility index (Phi) is 2.79. The summed E-state index contributed by atoms with van der Waals surface area (Å²) in [6.07, 6.45) is 1.24. The van der Waals surface area contributed by atoms with Gasteiger partial charge >= 0.3 is 0 Å². The fourth-order valence-corrected chi connectivity index (χ4v) is 3.05. The van der Waals surface area contributed by atoms with E-state index in [0.717, 1.165) is 6.26 Å². The van der Waals surface area contributed by atoms with E-state index in [0.29, 0.717) is 17.9 Å². The van der Waals surface area contributed by atoms with Crippen LogP contribution in [-0.4, -0.2) is 36.8 Å². The Morgan fingerprint density at radius 1 is 1.64 bits per heavy atom. The molecule has 1 aliphatic rings. The van der Waals surface area contributed by atoms with Crippen LogP contribution < -0.4 is 0 Å². The van der Waals surface area contributed by atoms with Crippen molar-refractivity contribution < 1.29 is 17.2 Å². The van der Waals surface area contributed by atoms with Gasteiger partial charge in [0.2, 0.25) is 0 Å². The van der Waals surface area contributed by atoms with Crippen LogP contribution >= 0.6 is 0 Å². The predicted molar refractivity (Wildman–Crippen MR) is 42.2 cm³/mol. The molecule has 1 fully saturated rings. The molecule has 1 aliphatic heterocycles. The summed E-state index contributed by atoms with van der Waals surface area (Å²) in [6.45, 7) is 0. The minimum Gasteiger partial charge on any atom is -0.616 e. The summed E-state index contributed by atoms with van der Waals surface area (Å²) in [5, 5.41) is 0. The maximum Gasteiger partial charge on any atom is 0.264 e. The Morgan fingerprint density at radius 2 is 2.27 bits per heavy atom. The number of hydrogen-bond acceptors (Lipinski definition) is 4. The zero-order valence-electron chi connectivity index (χ0n) is 6.15. The molecule has 0 radical (unpaired) electrons. The smallest absolute Gasteiger partial charge is 0.264 e. The van der Waals surface area contributed by atoms with Crippen LogP contribution in [0.4, 0.5) is 0 Å². The van der Waals surface area contributed by atoms with E-state index in [4.69, 9.17) is 0 Å². The molecule has 6 heteroatoms. The third-order valence-corrected chi connectivity index (χ3v) is 3.41. The zero-order valence-corrected chi connectivity index (χ0v) is 7.78. The molecule has 0 aromatic carbocycles. The van der Waals surface area contributed by atoms with Gasteiger partial charge in [0.25, 0.3) is 10.1 Å². The lowest BCUT2D eigenvalue weighted by Gasteiger charge is -2.05. The van der Waals surface area contributed by atoms with E-state index in [1.165, 1.54) is 0 Å². The molecule has 66 valence electrons. The number of hydrogen-bond donors (Lipinski definition) is 0. The molecule has 0 saturated carbocycles. The standard InChI is InChI=1S/C5H10O4S2/c1-11(7,8)9-5-2-3-10(6)4-5/h5H,2-4H2,1H3. The summed E-state index contributed by atoms with van der Waals surface area (Å²) in [4.78, 5) is 0. The highest BCUT2D eigenvalue weighted by Gasteiger charge is 2.29. The first-order valence-corrected chi connectivity index (χ1v) is 6.51. The molecule has 0 aromatic rings. The van der Waals surface area contributed by atoms with Crippen LogP contribution in [0.2, 0.25) is 0 Å². The minimum absolute atomic E-state index is 0.354. The van der Waals surface area contributed by atoms with Crippen LogP contribution in [0.5, 0.6) is 0 Å². The third-order valence-electron chi connectivity index (χ3n) is 1.35. The second-order valence-corrected chi connectivity index (χ2v) is 5.74. The van der Waals surface area contributed by atoms with Crippen molar-refractivity contribution in [3.05, 3.63) is 0 Å². The van der Waals surface area contributed by atoms with Crippen molar-refractivity contribution in [1.82, 2.24) is 0 Å². The van der Waals surface area contributed by atoms with Crippen molar-refractivity contribution in [2.24, 2.45) is 0 Å². The van der Waals surface area contributed by atoms with E-state index in [1.54, 1.807) is 0 Å². The van der Waals surface area contributed by atoms with Gasteiger partial charge in [-0.1, -0.05) is 11.2 Å². The molecule has 2 atom stereocenters. The van der Waals surface area contributed by atoms with Crippen LogP contribution in [0.15, 0.2) is 0 Å². The molecule has 1 heterocycles. The zero-order chi connectivity index (χ0) is 8.48. The molecular weight excluding hydrogens is 188 g/mol. The molecule has 4 nitrogen and oxygen atoms in total. The summed E-state index contributed by atoms with van der Waals surface area (Å²) in [5.74, 6) is 0.910. The van der Waals surface area contributed by atoms with Gasteiger partial charge in [0.15, 0.2) is 0 Å². The topological polar surface area (TPSA) is 66.4 Å². The Balaban J connectivity index is 2.41. The van der Waals surface area contributed by atoms with Crippen LogP contribution in [0.25, 0.3) is 0 Å². The summed E-state index contributed by atoms with van der Waals surface area (Å²) in [7, 11) is -3.37. The quantitative estimate of drug-likeness (QED) is 0.442. The summed E-state index contributed by atoms with van der Waals surface area (Å²) >= 11 is -0.877. The van der Waals surface area contributed by atoms with E-state index in [9.17, 15) is 13.0 Å². The monoisotopic (exact) mass is 198 g/mol. The Morgan fingerprint density at radius 3 is 2.64 bits per heavy atom. The molecule has 1 saturated heterocycles. The van der Waals surface area contributed by atoms with Gasteiger partial charge in [0, 0.05) is 6.42 Å². The Hall–Kier alpha value is 0.220. The molecule has 2 unspecified atom stereocenters. The van der Waals surface area contributed by atoms with Gasteiger partial charge < -0.3 is 4.55 Å². The molecule has 0 amide bonds. The van der Waals surface area contributed by atoms with Crippen molar-refractivity contribution in [3.63, 3.8) is 0 Å². The Labute approximate surface area is 69.2 Å². The molecule has 0 N–H and O–H groups in total. The highest BCUT2D eigenvalue weighted by molar-refractivity contribution is 7.91. The normalized spacial score (nSPS) is 32.5. The highest BCUT2D eigenvalue weighted by atomic mass is 32.2. The molecule has 0 spiro atoms. The van der Waals surface area contributed by atoms with E-state index >= 15 is 0 Å². The van der Waals surface area contributed by atoms with Crippen LogP contribution in [-0.2, 0) is 25.5 Å². The molecular formula is C5H10O4S2. The first-order valence-electron chi connectivity index (χ1n) is 3.20.